The highest BCUT2D eigenvalue weighted by atomic mass is 16.5. The van der Waals surface area contributed by atoms with Gasteiger partial charge in [0.15, 0.2) is 0 Å². The molecule has 2 aliphatic carbocycles. The molecule has 3 unspecified atom stereocenters. The lowest BCUT2D eigenvalue weighted by Crippen LogP contribution is -2.20. The van der Waals surface area contributed by atoms with Crippen molar-refractivity contribution in [3.05, 3.63) is 46.8 Å². The third kappa shape index (κ3) is 3.93. The Balaban J connectivity index is 1.47. The van der Waals surface area contributed by atoms with E-state index in [-0.39, 0.29) is 11.9 Å². The molecule has 2 aromatic rings. The molecule has 0 spiro atoms. The van der Waals surface area contributed by atoms with Crippen molar-refractivity contribution in [3.8, 4) is 0 Å². The number of benzene rings is 1. The summed E-state index contributed by atoms with van der Waals surface area (Å²) in [4.78, 5) is 24.7. The van der Waals surface area contributed by atoms with E-state index in [2.05, 4.69) is 10.4 Å². The van der Waals surface area contributed by atoms with Crippen molar-refractivity contribution in [3.63, 3.8) is 0 Å². The summed E-state index contributed by atoms with van der Waals surface area (Å²) in [5.41, 5.74) is 3.84. The number of carbonyl (C=O) groups excluding carboxylic acids is 2. The number of hydrogen-bond acceptors (Lipinski definition) is 4. The van der Waals surface area contributed by atoms with Gasteiger partial charge in [-0.2, -0.15) is 5.10 Å². The first kappa shape index (κ1) is 19.7. The van der Waals surface area contributed by atoms with Gasteiger partial charge < -0.3 is 10.1 Å². The van der Waals surface area contributed by atoms with Gasteiger partial charge in [-0.1, -0.05) is 24.6 Å². The molecule has 1 aromatic heterocycles. The van der Waals surface area contributed by atoms with Gasteiger partial charge in [-0.05, 0) is 62.5 Å². The van der Waals surface area contributed by atoms with Crippen LogP contribution in [-0.4, -0.2) is 28.8 Å². The normalized spacial score (nSPS) is 22.7. The summed E-state index contributed by atoms with van der Waals surface area (Å²) in [7, 11) is 1.38. The van der Waals surface area contributed by atoms with Crippen LogP contribution in [0.5, 0.6) is 0 Å². The number of nitrogens with zero attached hydrogens (tertiary/aromatic N) is 2. The zero-order valence-corrected chi connectivity index (χ0v) is 17.4. The lowest BCUT2D eigenvalue weighted by molar-refractivity contribution is -0.117. The van der Waals surface area contributed by atoms with Gasteiger partial charge in [-0.3, -0.25) is 9.48 Å². The first-order valence-corrected chi connectivity index (χ1v) is 10.5. The molecule has 6 nitrogen and oxygen atoms in total. The summed E-state index contributed by atoms with van der Waals surface area (Å²) in [5, 5.41) is 7.71. The van der Waals surface area contributed by atoms with E-state index >= 15 is 0 Å². The highest BCUT2D eigenvalue weighted by molar-refractivity contribution is 5.92. The van der Waals surface area contributed by atoms with E-state index in [1.807, 2.05) is 36.7 Å². The number of aryl methyl sites for hydroxylation is 1. The second-order valence-corrected chi connectivity index (χ2v) is 8.54. The van der Waals surface area contributed by atoms with Gasteiger partial charge in [0.05, 0.1) is 36.3 Å². The minimum Gasteiger partial charge on any atom is -0.465 e. The zero-order chi connectivity index (χ0) is 20.5. The van der Waals surface area contributed by atoms with Crippen molar-refractivity contribution < 1.29 is 14.3 Å². The molecule has 29 heavy (non-hydrogen) atoms. The molecule has 1 amide bonds. The van der Waals surface area contributed by atoms with Crippen molar-refractivity contribution in [2.45, 2.75) is 52.5 Å². The minimum absolute atomic E-state index is 0.0864. The van der Waals surface area contributed by atoms with Crippen LogP contribution in [0.15, 0.2) is 24.3 Å². The van der Waals surface area contributed by atoms with E-state index in [1.54, 1.807) is 6.07 Å². The first-order valence-electron chi connectivity index (χ1n) is 10.5. The molecule has 2 bridgehead atoms. The summed E-state index contributed by atoms with van der Waals surface area (Å²) < 4.78 is 6.72. The molecule has 2 aliphatic rings. The van der Waals surface area contributed by atoms with Crippen LogP contribution in [0.3, 0.4) is 0 Å². The summed E-state index contributed by atoms with van der Waals surface area (Å²) in [6.07, 6.45) is 5.77. The second kappa shape index (κ2) is 8.01. The summed E-state index contributed by atoms with van der Waals surface area (Å²) in [6.45, 7) is 4.30. The zero-order valence-electron chi connectivity index (χ0n) is 17.4. The van der Waals surface area contributed by atoms with E-state index in [0.29, 0.717) is 24.4 Å². The van der Waals surface area contributed by atoms with Gasteiger partial charge >= 0.3 is 5.97 Å². The second-order valence-electron chi connectivity index (χ2n) is 8.54. The predicted molar refractivity (Wildman–Crippen MR) is 111 cm³/mol. The third-order valence-electron chi connectivity index (χ3n) is 6.72. The SMILES string of the molecule is COC(=O)c1ccccc1Cn1nc(C)c(NC(=O)CC2CC3CCC2C3)c1C. The molecular weight excluding hydrogens is 366 g/mol. The predicted octanol–water partition coefficient (Wildman–Crippen LogP) is 4.10. The van der Waals surface area contributed by atoms with E-state index in [9.17, 15) is 9.59 Å². The molecule has 1 aromatic carbocycles. The number of carbonyl (C=O) groups is 2. The Morgan fingerprint density at radius 1 is 1.21 bits per heavy atom. The number of amides is 1. The number of esters is 1. The first-order chi connectivity index (χ1) is 14.0. The number of rotatable bonds is 6. The molecule has 2 fully saturated rings. The molecule has 3 atom stereocenters. The maximum absolute atomic E-state index is 12.7. The number of aromatic nitrogens is 2. The number of anilines is 1. The van der Waals surface area contributed by atoms with Gasteiger partial charge in [0.25, 0.3) is 0 Å². The number of nitrogens with one attached hydrogen (secondary N) is 1. The maximum Gasteiger partial charge on any atom is 0.338 e. The van der Waals surface area contributed by atoms with Crippen molar-refractivity contribution in [1.29, 1.82) is 0 Å². The Kier molecular flexibility index (Phi) is 5.43. The Hall–Kier alpha value is -2.63. The maximum atomic E-state index is 12.7. The van der Waals surface area contributed by atoms with Crippen molar-refractivity contribution in [2.24, 2.45) is 17.8 Å². The number of hydrogen-bond donors (Lipinski definition) is 1. The van der Waals surface area contributed by atoms with Crippen molar-refractivity contribution in [1.82, 2.24) is 9.78 Å². The van der Waals surface area contributed by atoms with E-state index < -0.39 is 0 Å². The quantitative estimate of drug-likeness (QED) is 0.748. The molecule has 6 heteroatoms. The fourth-order valence-electron chi connectivity index (χ4n) is 5.22. The molecule has 0 radical (unpaired) electrons. The summed E-state index contributed by atoms with van der Waals surface area (Å²) in [6, 6.07) is 7.37. The average molecular weight is 396 g/mol. The number of methoxy groups -OCH3 is 1. The average Bonchev–Trinajstić information content (AvgIpc) is 3.39. The molecule has 2 saturated carbocycles. The molecule has 0 aliphatic heterocycles. The Morgan fingerprint density at radius 2 is 2.00 bits per heavy atom. The van der Waals surface area contributed by atoms with Gasteiger partial charge in [0.2, 0.25) is 5.91 Å². The number of fused-ring (bicyclic) bond motifs is 2. The Labute approximate surface area is 171 Å². The standard InChI is InChI=1S/C23H29N3O3/c1-14-22(24-21(27)12-19-11-16-8-9-17(19)10-16)15(2)26(25-14)13-18-6-4-5-7-20(18)23(28)29-3/h4-7,16-17,19H,8-13H2,1-3H3,(H,24,27). The van der Waals surface area contributed by atoms with Gasteiger partial charge in [0.1, 0.15) is 0 Å². The van der Waals surface area contributed by atoms with Crippen molar-refractivity contribution >= 4 is 17.6 Å². The van der Waals surface area contributed by atoms with Crippen LogP contribution >= 0.6 is 0 Å². The minimum atomic E-state index is -0.360. The lowest BCUT2D eigenvalue weighted by atomic mass is 9.86. The van der Waals surface area contributed by atoms with Crippen LogP contribution < -0.4 is 5.32 Å². The fourth-order valence-corrected chi connectivity index (χ4v) is 5.22. The van der Waals surface area contributed by atoms with Crippen LogP contribution in [0.25, 0.3) is 0 Å². The molecule has 0 saturated heterocycles. The van der Waals surface area contributed by atoms with Crippen LogP contribution in [-0.2, 0) is 16.1 Å². The fraction of sp³-hybridized carbons (Fsp3) is 0.522. The Bertz CT molecular complexity index is 933. The largest absolute Gasteiger partial charge is 0.465 e. The van der Waals surface area contributed by atoms with Crippen LogP contribution in [0, 0.1) is 31.6 Å². The third-order valence-corrected chi connectivity index (χ3v) is 6.72. The molecular formula is C23H29N3O3. The Morgan fingerprint density at radius 3 is 2.69 bits per heavy atom. The van der Waals surface area contributed by atoms with Gasteiger partial charge in [-0.15, -0.1) is 0 Å². The monoisotopic (exact) mass is 395 g/mol. The summed E-state index contributed by atoms with van der Waals surface area (Å²) >= 11 is 0. The van der Waals surface area contributed by atoms with Gasteiger partial charge in [0, 0.05) is 6.42 Å². The molecule has 154 valence electrons. The topological polar surface area (TPSA) is 73.2 Å². The van der Waals surface area contributed by atoms with Gasteiger partial charge in [-0.25, -0.2) is 4.79 Å². The summed E-state index contributed by atoms with van der Waals surface area (Å²) in [5.74, 6) is 1.85. The number of ether oxygens (including phenoxy) is 1. The highest BCUT2D eigenvalue weighted by Crippen LogP contribution is 2.49. The van der Waals surface area contributed by atoms with Crippen molar-refractivity contribution in [2.75, 3.05) is 12.4 Å². The van der Waals surface area contributed by atoms with Crippen LogP contribution in [0.1, 0.15) is 59.4 Å². The van der Waals surface area contributed by atoms with Crippen LogP contribution in [0.4, 0.5) is 5.69 Å². The van der Waals surface area contributed by atoms with Crippen LogP contribution in [0.2, 0.25) is 0 Å². The highest BCUT2D eigenvalue weighted by Gasteiger charge is 2.40. The molecule has 1 heterocycles. The van der Waals surface area contributed by atoms with E-state index in [0.717, 1.165) is 34.5 Å². The van der Waals surface area contributed by atoms with E-state index in [1.165, 1.54) is 32.8 Å². The molecule has 4 rings (SSSR count). The smallest absolute Gasteiger partial charge is 0.338 e. The molecule has 1 N–H and O–H groups in total. The lowest BCUT2D eigenvalue weighted by Gasteiger charge is -2.21. The van der Waals surface area contributed by atoms with E-state index in [4.69, 9.17) is 4.74 Å².